The molecule has 32 heavy (non-hydrogen) atoms. The van der Waals surface area contributed by atoms with E-state index in [4.69, 9.17) is 18.8 Å². The molecular weight excluding hydrogens is 409 g/mol. The third kappa shape index (κ3) is 5.29. The van der Waals surface area contributed by atoms with Crippen LogP contribution in [0.4, 0.5) is 4.79 Å². The van der Waals surface area contributed by atoms with Gasteiger partial charge in [0.1, 0.15) is 5.60 Å². The van der Waals surface area contributed by atoms with Crippen molar-refractivity contribution in [2.24, 2.45) is 0 Å². The molecule has 0 N–H and O–H groups in total. The van der Waals surface area contributed by atoms with Gasteiger partial charge < -0.3 is 23.7 Å². The van der Waals surface area contributed by atoms with Crippen LogP contribution in [0, 0.1) is 0 Å². The van der Waals surface area contributed by atoms with Crippen molar-refractivity contribution in [3.05, 3.63) is 29.3 Å². The van der Waals surface area contributed by atoms with Crippen molar-refractivity contribution in [1.29, 1.82) is 0 Å². The van der Waals surface area contributed by atoms with Gasteiger partial charge in [0.05, 0.1) is 23.9 Å². The summed E-state index contributed by atoms with van der Waals surface area (Å²) < 4.78 is 22.9. The van der Waals surface area contributed by atoms with Crippen molar-refractivity contribution in [3.8, 4) is 0 Å². The number of nitrogens with zero attached hydrogens (tertiary/aromatic N) is 1. The van der Waals surface area contributed by atoms with E-state index in [2.05, 4.69) is 6.07 Å². The first-order chi connectivity index (χ1) is 14.7. The van der Waals surface area contributed by atoms with Crippen LogP contribution in [0.5, 0.6) is 0 Å². The molecule has 0 aromatic heterocycles. The molecular formula is C24H36BNO6. The van der Waals surface area contributed by atoms with E-state index in [1.807, 2.05) is 54.5 Å². The number of amides is 1. The van der Waals surface area contributed by atoms with Gasteiger partial charge in [-0.05, 0) is 90.4 Å². The average Bonchev–Trinajstić information content (AvgIpc) is 2.93. The van der Waals surface area contributed by atoms with Gasteiger partial charge in [-0.25, -0.2) is 9.59 Å². The molecule has 2 aliphatic heterocycles. The molecule has 1 aromatic carbocycles. The van der Waals surface area contributed by atoms with Gasteiger partial charge in [0.25, 0.3) is 0 Å². The van der Waals surface area contributed by atoms with Crippen molar-refractivity contribution in [2.75, 3.05) is 20.2 Å². The maximum atomic E-state index is 12.4. The number of benzene rings is 1. The number of ether oxygens (including phenoxy) is 2. The Bertz CT molecular complexity index is 852. The van der Waals surface area contributed by atoms with E-state index in [1.165, 1.54) is 7.11 Å². The molecule has 0 aliphatic carbocycles. The summed E-state index contributed by atoms with van der Waals surface area (Å²) in [4.78, 5) is 26.5. The topological polar surface area (TPSA) is 74.3 Å². The van der Waals surface area contributed by atoms with Crippen LogP contribution >= 0.6 is 0 Å². The molecule has 2 saturated heterocycles. The van der Waals surface area contributed by atoms with E-state index in [9.17, 15) is 9.59 Å². The van der Waals surface area contributed by atoms with Gasteiger partial charge in [0, 0.05) is 13.1 Å². The van der Waals surface area contributed by atoms with Crippen LogP contribution in [-0.4, -0.2) is 61.1 Å². The number of esters is 1. The SMILES string of the molecule is COC(=O)c1cc(B2OC(C)(C)C(C)(C)O2)cc(C2CCN(C(=O)OC(C)(C)C)CC2)c1. The summed E-state index contributed by atoms with van der Waals surface area (Å²) in [7, 11) is 0.813. The van der Waals surface area contributed by atoms with Crippen LogP contribution < -0.4 is 5.46 Å². The molecule has 2 fully saturated rings. The summed E-state index contributed by atoms with van der Waals surface area (Å²) in [5, 5.41) is 0. The first-order valence-electron chi connectivity index (χ1n) is 11.3. The minimum atomic E-state index is -0.565. The van der Waals surface area contributed by atoms with Crippen molar-refractivity contribution in [3.63, 3.8) is 0 Å². The third-order valence-electron chi connectivity index (χ3n) is 6.54. The van der Waals surface area contributed by atoms with Gasteiger partial charge in [-0.15, -0.1) is 0 Å². The Morgan fingerprint density at radius 3 is 2.09 bits per heavy atom. The number of carbonyl (C=O) groups is 2. The third-order valence-corrected chi connectivity index (χ3v) is 6.54. The van der Waals surface area contributed by atoms with Crippen molar-refractivity contribution >= 4 is 24.6 Å². The molecule has 7 nitrogen and oxygen atoms in total. The molecule has 1 amide bonds. The summed E-state index contributed by atoms with van der Waals surface area (Å²) >= 11 is 0. The van der Waals surface area contributed by atoms with Crippen molar-refractivity contribution < 1.29 is 28.4 Å². The average molecular weight is 445 g/mol. The highest BCUT2D eigenvalue weighted by molar-refractivity contribution is 6.62. The Morgan fingerprint density at radius 1 is 1.03 bits per heavy atom. The van der Waals surface area contributed by atoms with E-state index in [0.717, 1.165) is 23.9 Å². The second kappa shape index (κ2) is 8.71. The van der Waals surface area contributed by atoms with Gasteiger partial charge in [-0.2, -0.15) is 0 Å². The lowest BCUT2D eigenvalue weighted by Crippen LogP contribution is -2.41. The van der Waals surface area contributed by atoms with Gasteiger partial charge in [0.15, 0.2) is 0 Å². The van der Waals surface area contributed by atoms with E-state index in [1.54, 1.807) is 11.0 Å². The Kier molecular flexibility index (Phi) is 6.69. The minimum absolute atomic E-state index is 0.208. The number of piperidine rings is 1. The van der Waals surface area contributed by atoms with Crippen molar-refractivity contribution in [2.45, 2.75) is 84.0 Å². The van der Waals surface area contributed by atoms with E-state index in [0.29, 0.717) is 18.7 Å². The van der Waals surface area contributed by atoms with Gasteiger partial charge in [-0.3, -0.25) is 0 Å². The first-order valence-corrected chi connectivity index (χ1v) is 11.3. The van der Waals surface area contributed by atoms with Crippen molar-refractivity contribution in [1.82, 2.24) is 4.90 Å². The molecule has 0 saturated carbocycles. The van der Waals surface area contributed by atoms with E-state index < -0.39 is 29.9 Å². The lowest BCUT2D eigenvalue weighted by molar-refractivity contribution is 0.00578. The highest BCUT2D eigenvalue weighted by Crippen LogP contribution is 2.37. The lowest BCUT2D eigenvalue weighted by atomic mass is 9.75. The normalized spacial score (nSPS) is 20.9. The van der Waals surface area contributed by atoms with Crippen LogP contribution in [0.25, 0.3) is 0 Å². The second-order valence-electron chi connectivity index (χ2n) is 10.7. The molecule has 0 radical (unpaired) electrons. The van der Waals surface area contributed by atoms with Gasteiger partial charge in [0.2, 0.25) is 0 Å². The predicted octanol–water partition coefficient (Wildman–Crippen LogP) is 3.89. The predicted molar refractivity (Wildman–Crippen MR) is 123 cm³/mol. The molecule has 0 atom stereocenters. The monoisotopic (exact) mass is 445 g/mol. The fourth-order valence-electron chi connectivity index (χ4n) is 3.99. The number of hydrogen-bond donors (Lipinski definition) is 0. The standard InChI is InChI=1S/C24H36BNO6/c1-22(2,3)30-21(28)26-11-9-16(10-12-26)17-13-18(20(27)29-8)15-19(14-17)25-31-23(4,5)24(6,7)32-25/h13-16H,9-12H2,1-8H3. The molecule has 0 unspecified atom stereocenters. The van der Waals surface area contributed by atoms with E-state index >= 15 is 0 Å². The first kappa shape index (κ1) is 24.6. The highest BCUT2D eigenvalue weighted by Gasteiger charge is 2.52. The van der Waals surface area contributed by atoms with Crippen LogP contribution in [0.2, 0.25) is 0 Å². The molecule has 3 rings (SSSR count). The summed E-state index contributed by atoms with van der Waals surface area (Å²) in [6.45, 7) is 14.8. The van der Waals surface area contributed by atoms with Crippen LogP contribution in [0.15, 0.2) is 18.2 Å². The zero-order valence-corrected chi connectivity index (χ0v) is 20.6. The highest BCUT2D eigenvalue weighted by atomic mass is 16.7. The lowest BCUT2D eigenvalue weighted by Gasteiger charge is -2.34. The van der Waals surface area contributed by atoms with Crippen LogP contribution in [0.1, 0.15) is 83.1 Å². The summed E-state index contributed by atoms with van der Waals surface area (Å²) in [5.41, 5.74) is 0.845. The molecule has 0 spiro atoms. The summed E-state index contributed by atoms with van der Waals surface area (Å²) in [6.07, 6.45) is 1.29. The fraction of sp³-hybridized carbons (Fsp3) is 0.667. The van der Waals surface area contributed by atoms with Crippen LogP contribution in [0.3, 0.4) is 0 Å². The van der Waals surface area contributed by atoms with Gasteiger partial charge in [-0.1, -0.05) is 6.07 Å². The van der Waals surface area contributed by atoms with Gasteiger partial charge >= 0.3 is 19.2 Å². The molecule has 2 heterocycles. The molecule has 2 aliphatic rings. The van der Waals surface area contributed by atoms with Crippen LogP contribution in [-0.2, 0) is 18.8 Å². The number of likely N-dealkylation sites (tertiary alicyclic amines) is 1. The Labute approximate surface area is 191 Å². The number of rotatable bonds is 3. The zero-order chi connectivity index (χ0) is 23.9. The molecule has 1 aromatic rings. The largest absolute Gasteiger partial charge is 0.494 e. The smallest absolute Gasteiger partial charge is 0.465 e. The number of methoxy groups -OCH3 is 1. The maximum Gasteiger partial charge on any atom is 0.494 e. The quantitative estimate of drug-likeness (QED) is 0.519. The zero-order valence-electron chi connectivity index (χ0n) is 20.6. The number of hydrogen-bond acceptors (Lipinski definition) is 6. The van der Waals surface area contributed by atoms with E-state index in [-0.39, 0.29) is 12.0 Å². The minimum Gasteiger partial charge on any atom is -0.465 e. The molecule has 8 heteroatoms. The summed E-state index contributed by atoms with van der Waals surface area (Å²) in [5.74, 6) is -0.185. The molecule has 176 valence electrons. The summed E-state index contributed by atoms with van der Waals surface area (Å²) in [6, 6.07) is 5.73. The fourth-order valence-corrected chi connectivity index (χ4v) is 3.99. The Balaban J connectivity index is 1.81. The number of carbonyl (C=O) groups excluding carboxylic acids is 2. The maximum absolute atomic E-state index is 12.4. The molecule has 0 bridgehead atoms. The Morgan fingerprint density at radius 2 is 1.59 bits per heavy atom. The Hall–Kier alpha value is -2.06. The second-order valence-corrected chi connectivity index (χ2v) is 10.7.